The van der Waals surface area contributed by atoms with Gasteiger partial charge in [-0.3, -0.25) is 4.79 Å². The van der Waals surface area contributed by atoms with Crippen molar-refractivity contribution in [2.45, 2.75) is 13.8 Å². The summed E-state index contributed by atoms with van der Waals surface area (Å²) in [5, 5.41) is 10.1. The molecule has 0 spiro atoms. The first-order chi connectivity index (χ1) is 10.9. The number of nitrogens with two attached hydrogens (primary N) is 2. The molecule has 0 unspecified atom stereocenters. The number of rotatable bonds is 2. The molecule has 6 nitrogen and oxygen atoms in total. The van der Waals surface area contributed by atoms with E-state index in [1.807, 2.05) is 6.92 Å². The van der Waals surface area contributed by atoms with E-state index in [0.717, 1.165) is 11.1 Å². The standard InChI is InChI=1S/C17H16N4O2/c1-8-5-6-11(22)9(2)12(8)13-14(18)16(17(19)23)21-10-4-3-7-20-15(10)13/h3-7,22H,18H2,1-2H3,(H2,19,23)/p+1. The van der Waals surface area contributed by atoms with Crippen LogP contribution in [0.15, 0.2) is 30.5 Å². The van der Waals surface area contributed by atoms with Crippen molar-refractivity contribution >= 4 is 22.6 Å². The largest absolute Gasteiger partial charge is 0.508 e. The van der Waals surface area contributed by atoms with E-state index >= 15 is 0 Å². The van der Waals surface area contributed by atoms with Crippen LogP contribution in [-0.2, 0) is 0 Å². The molecule has 0 saturated carbocycles. The molecule has 1 amide bonds. The summed E-state index contributed by atoms with van der Waals surface area (Å²) in [5.74, 6) is -0.531. The van der Waals surface area contributed by atoms with E-state index < -0.39 is 5.91 Å². The zero-order valence-corrected chi connectivity index (χ0v) is 12.8. The van der Waals surface area contributed by atoms with Crippen molar-refractivity contribution in [3.05, 3.63) is 47.3 Å². The molecule has 3 aromatic rings. The van der Waals surface area contributed by atoms with Crippen molar-refractivity contribution in [2.24, 2.45) is 5.73 Å². The average molecular weight is 309 g/mol. The van der Waals surface area contributed by atoms with E-state index in [2.05, 4.69) is 9.97 Å². The molecule has 2 aromatic heterocycles. The van der Waals surface area contributed by atoms with Gasteiger partial charge in [0.15, 0.2) is 11.9 Å². The first-order valence-corrected chi connectivity index (χ1v) is 7.11. The third-order valence-electron chi connectivity index (χ3n) is 3.97. The van der Waals surface area contributed by atoms with Gasteiger partial charge in [-0.1, -0.05) is 6.07 Å². The van der Waals surface area contributed by atoms with Crippen LogP contribution < -0.4 is 16.5 Å². The number of phenols is 1. The van der Waals surface area contributed by atoms with Crippen LogP contribution in [0.3, 0.4) is 0 Å². The number of nitrogen functional groups attached to an aromatic ring is 1. The number of nitrogens with one attached hydrogen (secondary N) is 1. The minimum Gasteiger partial charge on any atom is -0.508 e. The number of H-pyrrole nitrogens is 1. The average Bonchev–Trinajstić information content (AvgIpc) is 2.52. The summed E-state index contributed by atoms with van der Waals surface area (Å²) in [6.07, 6.45) is 1.75. The number of primary amides is 1. The van der Waals surface area contributed by atoms with Crippen molar-refractivity contribution in [3.63, 3.8) is 0 Å². The fourth-order valence-electron chi connectivity index (χ4n) is 2.82. The zero-order valence-electron chi connectivity index (χ0n) is 12.8. The number of nitrogens with zero attached hydrogens (tertiary/aromatic N) is 1. The summed E-state index contributed by atoms with van der Waals surface area (Å²) < 4.78 is 0. The number of amides is 1. The predicted octanol–water partition coefficient (Wildman–Crippen LogP) is 1.72. The van der Waals surface area contributed by atoms with Crippen LogP contribution in [0.25, 0.3) is 22.2 Å². The Bertz CT molecular complexity index is 951. The summed E-state index contributed by atoms with van der Waals surface area (Å²) in [7, 11) is 0. The molecule has 3 rings (SSSR count). The third-order valence-corrected chi connectivity index (χ3v) is 3.97. The van der Waals surface area contributed by atoms with Crippen LogP contribution >= 0.6 is 0 Å². The van der Waals surface area contributed by atoms with Gasteiger partial charge in [0.25, 0.3) is 5.91 Å². The van der Waals surface area contributed by atoms with Gasteiger partial charge in [-0.25, -0.2) is 9.97 Å². The minimum absolute atomic E-state index is 0.0224. The van der Waals surface area contributed by atoms with Gasteiger partial charge in [-0.2, -0.15) is 0 Å². The van der Waals surface area contributed by atoms with Gasteiger partial charge in [0.05, 0.1) is 11.3 Å². The number of hydrogen-bond donors (Lipinski definition) is 3. The molecule has 1 aromatic carbocycles. The Kier molecular flexibility index (Phi) is 3.37. The Labute approximate surface area is 132 Å². The van der Waals surface area contributed by atoms with E-state index in [-0.39, 0.29) is 17.1 Å². The van der Waals surface area contributed by atoms with Crippen LogP contribution in [-0.4, -0.2) is 16.0 Å². The Hall–Kier alpha value is -3.15. The molecule has 2 heterocycles. The highest BCUT2D eigenvalue weighted by Crippen LogP contribution is 2.39. The van der Waals surface area contributed by atoms with Gasteiger partial charge in [-0.15, -0.1) is 0 Å². The number of aromatic nitrogens is 2. The van der Waals surface area contributed by atoms with E-state index in [1.165, 1.54) is 0 Å². The van der Waals surface area contributed by atoms with Gasteiger partial charge in [0.1, 0.15) is 11.3 Å². The number of aryl methyl sites for hydroxylation is 1. The van der Waals surface area contributed by atoms with Crippen LogP contribution in [0.2, 0.25) is 0 Å². The maximum Gasteiger partial charge on any atom is 0.269 e. The molecule has 0 fully saturated rings. The topological polar surface area (TPSA) is 116 Å². The quantitative estimate of drug-likeness (QED) is 0.668. The lowest BCUT2D eigenvalue weighted by Gasteiger charge is -2.14. The molecule has 0 aliphatic carbocycles. The van der Waals surface area contributed by atoms with E-state index in [9.17, 15) is 9.90 Å². The molecule has 6 heteroatoms. The molecule has 0 bridgehead atoms. The van der Waals surface area contributed by atoms with Gasteiger partial charge in [0.2, 0.25) is 5.52 Å². The molecule has 0 saturated heterocycles. The maximum absolute atomic E-state index is 11.7. The molecular formula is C17H17N4O2+. The van der Waals surface area contributed by atoms with E-state index in [0.29, 0.717) is 22.2 Å². The maximum atomic E-state index is 11.7. The summed E-state index contributed by atoms with van der Waals surface area (Å²) in [4.78, 5) is 19.1. The minimum atomic E-state index is -0.690. The fraction of sp³-hybridized carbons (Fsp3) is 0.118. The lowest BCUT2D eigenvalue weighted by molar-refractivity contribution is -0.344. The van der Waals surface area contributed by atoms with Gasteiger partial charge in [0, 0.05) is 11.6 Å². The number of pyridine rings is 2. The molecule has 0 atom stereocenters. The smallest absolute Gasteiger partial charge is 0.269 e. The highest BCUT2D eigenvalue weighted by atomic mass is 16.3. The molecule has 0 aliphatic rings. The van der Waals surface area contributed by atoms with E-state index in [1.54, 1.807) is 37.4 Å². The Morgan fingerprint density at radius 1 is 1.22 bits per heavy atom. The number of aromatic amines is 1. The SMILES string of the molecule is Cc1ccc(O)c(C)c1-c1c(N)c(C(N)=O)nc2ccc[nH+]c12. The third kappa shape index (κ3) is 2.24. The monoisotopic (exact) mass is 309 g/mol. The Morgan fingerprint density at radius 2 is 1.96 bits per heavy atom. The molecule has 0 radical (unpaired) electrons. The lowest BCUT2D eigenvalue weighted by atomic mass is 9.92. The summed E-state index contributed by atoms with van der Waals surface area (Å²) in [6.45, 7) is 3.72. The second-order valence-corrected chi connectivity index (χ2v) is 5.45. The molecule has 0 aliphatic heterocycles. The van der Waals surface area contributed by atoms with Crippen LogP contribution in [0.4, 0.5) is 5.69 Å². The lowest BCUT2D eigenvalue weighted by Crippen LogP contribution is -2.18. The fourth-order valence-corrected chi connectivity index (χ4v) is 2.82. The normalized spacial score (nSPS) is 10.9. The van der Waals surface area contributed by atoms with Gasteiger partial charge >= 0.3 is 0 Å². The van der Waals surface area contributed by atoms with Crippen molar-refractivity contribution in [1.29, 1.82) is 0 Å². The second kappa shape index (κ2) is 5.24. The number of fused-ring (bicyclic) bond motifs is 1. The highest BCUT2D eigenvalue weighted by molar-refractivity contribution is 6.07. The Balaban J connectivity index is 2.53. The van der Waals surface area contributed by atoms with Crippen LogP contribution in [0.5, 0.6) is 5.75 Å². The second-order valence-electron chi connectivity index (χ2n) is 5.45. The molecular weight excluding hydrogens is 292 g/mol. The van der Waals surface area contributed by atoms with Crippen LogP contribution in [0.1, 0.15) is 21.6 Å². The van der Waals surface area contributed by atoms with Gasteiger partial charge < -0.3 is 16.6 Å². The number of benzene rings is 1. The van der Waals surface area contributed by atoms with Crippen molar-refractivity contribution in [2.75, 3.05) is 5.73 Å². The first kappa shape index (κ1) is 14.8. The number of carbonyl (C=O) groups excluding carboxylic acids is 1. The summed E-state index contributed by atoms with van der Waals surface area (Å²) in [6, 6.07) is 6.99. The van der Waals surface area contributed by atoms with E-state index in [4.69, 9.17) is 11.5 Å². The number of hydrogen-bond acceptors (Lipinski definition) is 4. The van der Waals surface area contributed by atoms with Crippen molar-refractivity contribution < 1.29 is 14.9 Å². The van der Waals surface area contributed by atoms with Crippen LogP contribution in [0, 0.1) is 13.8 Å². The number of aromatic hydroxyl groups is 1. The Morgan fingerprint density at radius 3 is 2.65 bits per heavy atom. The number of anilines is 1. The van der Waals surface area contributed by atoms with Gasteiger partial charge in [-0.05, 0) is 37.1 Å². The summed E-state index contributed by atoms with van der Waals surface area (Å²) >= 11 is 0. The van der Waals surface area contributed by atoms with Crippen molar-refractivity contribution in [3.8, 4) is 16.9 Å². The highest BCUT2D eigenvalue weighted by Gasteiger charge is 2.24. The number of carbonyl (C=O) groups is 1. The molecule has 23 heavy (non-hydrogen) atoms. The molecule has 116 valence electrons. The zero-order chi connectivity index (χ0) is 16.7. The first-order valence-electron chi connectivity index (χ1n) is 7.11. The summed E-state index contributed by atoms with van der Waals surface area (Å²) in [5.41, 5.74) is 16.1. The molecule has 6 N–H and O–H groups in total. The number of phenolic OH excluding ortho intramolecular Hbond substituents is 1. The van der Waals surface area contributed by atoms with Crippen molar-refractivity contribution in [1.82, 2.24) is 4.98 Å². The predicted molar refractivity (Wildman–Crippen MR) is 87.8 cm³/mol.